The molecule has 1 N–H and O–H groups in total. The molecule has 0 aliphatic rings. The Morgan fingerprint density at radius 1 is 1.43 bits per heavy atom. The molecule has 0 unspecified atom stereocenters. The smallest absolute Gasteiger partial charge is 0.330 e. The zero-order chi connectivity index (χ0) is 11.0. The van der Waals surface area contributed by atoms with E-state index in [9.17, 15) is 4.79 Å². The summed E-state index contributed by atoms with van der Waals surface area (Å²) < 4.78 is 0. The van der Waals surface area contributed by atoms with Crippen molar-refractivity contribution in [2.75, 3.05) is 19.6 Å². The van der Waals surface area contributed by atoms with E-state index in [1.54, 1.807) is 13.0 Å². The van der Waals surface area contributed by atoms with Gasteiger partial charge >= 0.3 is 5.97 Å². The number of carbonyl (C=O) groups is 1. The lowest BCUT2D eigenvalue weighted by Gasteiger charge is -2.17. The Morgan fingerprint density at radius 2 is 2.07 bits per heavy atom. The van der Waals surface area contributed by atoms with E-state index in [4.69, 9.17) is 5.11 Å². The summed E-state index contributed by atoms with van der Waals surface area (Å²) in [5.41, 5.74) is 0.431. The van der Waals surface area contributed by atoms with Crippen molar-refractivity contribution in [2.45, 2.75) is 33.6 Å². The largest absolute Gasteiger partial charge is 0.478 e. The molecular formula is C11H21NO2. The van der Waals surface area contributed by atoms with Crippen molar-refractivity contribution in [1.82, 2.24) is 4.90 Å². The molecule has 0 aliphatic heterocycles. The second-order valence-electron chi connectivity index (χ2n) is 3.44. The van der Waals surface area contributed by atoms with Crippen molar-refractivity contribution >= 4 is 5.97 Å². The van der Waals surface area contributed by atoms with Gasteiger partial charge in [-0.05, 0) is 26.4 Å². The summed E-state index contributed by atoms with van der Waals surface area (Å²) in [6.45, 7) is 8.66. The van der Waals surface area contributed by atoms with E-state index in [1.165, 1.54) is 12.8 Å². The minimum absolute atomic E-state index is 0.431. The predicted octanol–water partition coefficient (Wildman–Crippen LogP) is 2.14. The van der Waals surface area contributed by atoms with Gasteiger partial charge in [0.25, 0.3) is 0 Å². The highest BCUT2D eigenvalue weighted by Crippen LogP contribution is 1.98. The van der Waals surface area contributed by atoms with Gasteiger partial charge in [-0.1, -0.05) is 26.3 Å². The summed E-state index contributed by atoms with van der Waals surface area (Å²) in [5, 5.41) is 8.66. The highest BCUT2D eigenvalue weighted by molar-refractivity contribution is 5.85. The third kappa shape index (κ3) is 5.75. The van der Waals surface area contributed by atoms with Gasteiger partial charge in [0.15, 0.2) is 0 Å². The zero-order valence-electron chi connectivity index (χ0n) is 9.42. The summed E-state index contributed by atoms with van der Waals surface area (Å²) >= 11 is 0. The van der Waals surface area contributed by atoms with Gasteiger partial charge in [0.1, 0.15) is 0 Å². The maximum absolute atomic E-state index is 10.5. The highest BCUT2D eigenvalue weighted by Gasteiger charge is 2.02. The fraction of sp³-hybridized carbons (Fsp3) is 0.727. The normalized spacial score (nSPS) is 12.1. The molecule has 0 aromatic carbocycles. The third-order valence-corrected chi connectivity index (χ3v) is 2.27. The number of carboxylic acid groups (broad SMARTS) is 1. The maximum atomic E-state index is 10.5. The van der Waals surface area contributed by atoms with Crippen LogP contribution < -0.4 is 0 Å². The van der Waals surface area contributed by atoms with Gasteiger partial charge in [-0.15, -0.1) is 0 Å². The molecule has 0 spiro atoms. The minimum atomic E-state index is -0.823. The van der Waals surface area contributed by atoms with E-state index < -0.39 is 5.97 Å². The van der Waals surface area contributed by atoms with Gasteiger partial charge in [0.2, 0.25) is 0 Å². The van der Waals surface area contributed by atoms with Crippen molar-refractivity contribution in [2.24, 2.45) is 0 Å². The van der Waals surface area contributed by atoms with Gasteiger partial charge < -0.3 is 5.11 Å². The van der Waals surface area contributed by atoms with Crippen LogP contribution in [0.25, 0.3) is 0 Å². The average molecular weight is 199 g/mol. The molecule has 0 rings (SSSR count). The van der Waals surface area contributed by atoms with Gasteiger partial charge in [-0.3, -0.25) is 4.90 Å². The molecular weight excluding hydrogens is 178 g/mol. The molecule has 0 aromatic heterocycles. The Balaban J connectivity index is 3.93. The van der Waals surface area contributed by atoms with Crippen LogP contribution in [0, 0.1) is 0 Å². The molecule has 0 atom stereocenters. The van der Waals surface area contributed by atoms with Gasteiger partial charge in [-0.2, -0.15) is 0 Å². The van der Waals surface area contributed by atoms with Crippen molar-refractivity contribution in [3.63, 3.8) is 0 Å². The lowest BCUT2D eigenvalue weighted by atomic mass is 10.2. The molecule has 0 radical (unpaired) electrons. The first-order valence-electron chi connectivity index (χ1n) is 5.24. The van der Waals surface area contributed by atoms with Crippen LogP contribution in [-0.2, 0) is 4.79 Å². The SMILES string of the molecule is CCCCN(CC)CC=C(C)C(=O)O. The number of hydrogen-bond acceptors (Lipinski definition) is 2. The van der Waals surface area contributed by atoms with Crippen molar-refractivity contribution < 1.29 is 9.90 Å². The van der Waals surface area contributed by atoms with E-state index in [0.717, 1.165) is 19.6 Å². The van der Waals surface area contributed by atoms with Gasteiger partial charge in [-0.25, -0.2) is 4.79 Å². The number of aliphatic carboxylic acids is 1. The molecule has 0 amide bonds. The number of rotatable bonds is 7. The second kappa shape index (κ2) is 7.56. The van der Waals surface area contributed by atoms with Crippen LogP contribution in [0.5, 0.6) is 0 Å². The molecule has 0 saturated heterocycles. The summed E-state index contributed by atoms with van der Waals surface area (Å²) in [4.78, 5) is 12.8. The van der Waals surface area contributed by atoms with E-state index in [2.05, 4.69) is 18.7 Å². The van der Waals surface area contributed by atoms with Crippen molar-refractivity contribution in [3.8, 4) is 0 Å². The summed E-state index contributed by atoms with van der Waals surface area (Å²) in [6.07, 6.45) is 4.13. The maximum Gasteiger partial charge on any atom is 0.330 e. The Labute approximate surface area is 86.4 Å². The molecule has 0 aromatic rings. The van der Waals surface area contributed by atoms with E-state index in [0.29, 0.717) is 5.57 Å². The van der Waals surface area contributed by atoms with E-state index >= 15 is 0 Å². The molecule has 82 valence electrons. The molecule has 3 heteroatoms. The first kappa shape index (κ1) is 13.2. The molecule has 3 nitrogen and oxygen atoms in total. The van der Waals surface area contributed by atoms with Gasteiger partial charge in [0, 0.05) is 12.1 Å². The number of unbranched alkanes of at least 4 members (excludes halogenated alkanes) is 1. The Morgan fingerprint density at radius 3 is 2.50 bits per heavy atom. The van der Waals surface area contributed by atoms with Crippen LogP contribution in [0.15, 0.2) is 11.6 Å². The van der Waals surface area contributed by atoms with Crippen LogP contribution in [0.4, 0.5) is 0 Å². The van der Waals surface area contributed by atoms with Gasteiger partial charge in [0.05, 0.1) is 0 Å². The van der Waals surface area contributed by atoms with Crippen LogP contribution in [0.2, 0.25) is 0 Å². The highest BCUT2D eigenvalue weighted by atomic mass is 16.4. The van der Waals surface area contributed by atoms with Crippen molar-refractivity contribution in [3.05, 3.63) is 11.6 Å². The average Bonchev–Trinajstić information content (AvgIpc) is 2.17. The second-order valence-corrected chi connectivity index (χ2v) is 3.44. The summed E-state index contributed by atoms with van der Waals surface area (Å²) in [7, 11) is 0. The minimum Gasteiger partial charge on any atom is -0.478 e. The lowest BCUT2D eigenvalue weighted by Crippen LogP contribution is -2.25. The number of carboxylic acids is 1. The van der Waals surface area contributed by atoms with Crippen LogP contribution in [0.1, 0.15) is 33.6 Å². The Hall–Kier alpha value is -0.830. The quantitative estimate of drug-likeness (QED) is 0.639. The molecule has 14 heavy (non-hydrogen) atoms. The van der Waals surface area contributed by atoms with Crippen molar-refractivity contribution in [1.29, 1.82) is 0 Å². The molecule has 0 saturated carbocycles. The zero-order valence-corrected chi connectivity index (χ0v) is 9.42. The predicted molar refractivity (Wildman–Crippen MR) is 58.4 cm³/mol. The number of likely N-dealkylation sites (N-methyl/N-ethyl adjacent to an activating group) is 1. The first-order chi connectivity index (χ1) is 6.61. The fourth-order valence-corrected chi connectivity index (χ4v) is 1.11. The van der Waals surface area contributed by atoms with Crippen LogP contribution >= 0.6 is 0 Å². The number of hydrogen-bond donors (Lipinski definition) is 1. The molecule has 0 bridgehead atoms. The van der Waals surface area contributed by atoms with Crippen LogP contribution in [-0.4, -0.2) is 35.6 Å². The van der Waals surface area contributed by atoms with E-state index in [-0.39, 0.29) is 0 Å². The molecule has 0 aliphatic carbocycles. The van der Waals surface area contributed by atoms with E-state index in [1.807, 2.05) is 0 Å². The summed E-state index contributed by atoms with van der Waals surface area (Å²) in [6, 6.07) is 0. The number of nitrogens with zero attached hydrogens (tertiary/aromatic N) is 1. The monoisotopic (exact) mass is 199 g/mol. The lowest BCUT2D eigenvalue weighted by molar-refractivity contribution is -0.132. The molecule has 0 fully saturated rings. The topological polar surface area (TPSA) is 40.5 Å². The first-order valence-corrected chi connectivity index (χ1v) is 5.24. The fourth-order valence-electron chi connectivity index (χ4n) is 1.11. The standard InChI is InChI=1S/C11H21NO2/c1-4-6-8-12(5-2)9-7-10(3)11(13)14/h7H,4-6,8-9H2,1-3H3,(H,13,14). The Bertz CT molecular complexity index is 199. The third-order valence-electron chi connectivity index (χ3n) is 2.27. The summed E-state index contributed by atoms with van der Waals surface area (Å²) in [5.74, 6) is -0.823. The van der Waals surface area contributed by atoms with Crippen LogP contribution in [0.3, 0.4) is 0 Å². The Kier molecular flexibility index (Phi) is 7.11. The molecule has 0 heterocycles.